The fraction of sp³-hybridized carbons (Fsp3) is 0.435. The molecule has 0 radical (unpaired) electrons. The summed E-state index contributed by atoms with van der Waals surface area (Å²) in [6.45, 7) is 11.3. The first kappa shape index (κ1) is 23.8. The summed E-state index contributed by atoms with van der Waals surface area (Å²) in [6.07, 6.45) is 0.800. The molecular weight excluding hydrogens is 400 g/mol. The number of benzene rings is 2. The summed E-state index contributed by atoms with van der Waals surface area (Å²) in [6, 6.07) is 10.8. The number of aldehydes is 1. The lowest BCUT2D eigenvalue weighted by molar-refractivity contribution is 0.0491. The first-order valence-corrected chi connectivity index (χ1v) is 12.7. The quantitative estimate of drug-likeness (QED) is 0.282. The molecule has 0 bridgehead atoms. The molecule has 0 aliphatic heterocycles. The van der Waals surface area contributed by atoms with Crippen LogP contribution in [0.4, 0.5) is 0 Å². The zero-order valence-electron chi connectivity index (χ0n) is 18.9. The van der Waals surface area contributed by atoms with Crippen LogP contribution in [0.3, 0.4) is 0 Å². The van der Waals surface area contributed by atoms with E-state index in [1.54, 1.807) is 26.4 Å². The fourth-order valence-corrected chi connectivity index (χ4v) is 3.45. The number of hydrogen-bond acceptors (Lipinski definition) is 6. The van der Waals surface area contributed by atoms with Crippen LogP contribution in [0.15, 0.2) is 36.4 Å². The van der Waals surface area contributed by atoms with Gasteiger partial charge < -0.3 is 23.4 Å². The van der Waals surface area contributed by atoms with Crippen LogP contribution in [0.1, 0.15) is 36.7 Å². The molecular formula is C23H32O6Si. The Morgan fingerprint density at radius 2 is 1.60 bits per heavy atom. The maximum absolute atomic E-state index is 11.3. The van der Waals surface area contributed by atoms with Crippen LogP contribution in [-0.4, -0.2) is 35.6 Å². The fourth-order valence-electron chi connectivity index (χ4n) is 2.43. The second-order valence-corrected chi connectivity index (χ2v) is 13.2. The molecule has 7 heteroatoms. The van der Waals surface area contributed by atoms with E-state index < -0.39 is 8.32 Å². The molecule has 0 aromatic heterocycles. The van der Waals surface area contributed by atoms with Crippen LogP contribution < -0.4 is 18.6 Å². The Hall–Kier alpha value is -2.51. The third-order valence-electron chi connectivity index (χ3n) is 5.23. The van der Waals surface area contributed by atoms with E-state index in [9.17, 15) is 4.79 Å². The van der Waals surface area contributed by atoms with Crippen molar-refractivity contribution in [2.24, 2.45) is 0 Å². The van der Waals surface area contributed by atoms with Crippen molar-refractivity contribution in [1.29, 1.82) is 0 Å². The van der Waals surface area contributed by atoms with Gasteiger partial charge in [0.1, 0.15) is 18.6 Å². The summed E-state index contributed by atoms with van der Waals surface area (Å²) in [7, 11) is 1.08. The predicted octanol–water partition coefficient (Wildman–Crippen LogP) is 5.45. The summed E-state index contributed by atoms with van der Waals surface area (Å²) in [5, 5.41) is 0.0407. The van der Waals surface area contributed by atoms with Gasteiger partial charge in [-0.25, -0.2) is 0 Å². The van der Waals surface area contributed by atoms with Gasteiger partial charge in [-0.3, -0.25) is 4.79 Å². The lowest BCUT2D eigenvalue weighted by Gasteiger charge is -2.36. The highest BCUT2D eigenvalue weighted by Gasteiger charge is 2.39. The van der Waals surface area contributed by atoms with E-state index in [-0.39, 0.29) is 18.4 Å². The summed E-state index contributed by atoms with van der Waals surface area (Å²) in [5.41, 5.74) is 1.43. The van der Waals surface area contributed by atoms with Crippen molar-refractivity contribution < 1.29 is 28.2 Å². The zero-order chi connectivity index (χ0) is 22.4. The number of ether oxygens (including phenoxy) is 4. The molecule has 0 amide bonds. The number of carbonyl (C=O) groups excluding carboxylic acids is 1. The molecule has 0 aliphatic rings. The molecule has 0 heterocycles. The second-order valence-electron chi connectivity index (χ2n) is 8.51. The van der Waals surface area contributed by atoms with Gasteiger partial charge in [0.05, 0.1) is 7.11 Å². The number of methoxy groups -OCH3 is 2. The van der Waals surface area contributed by atoms with Crippen molar-refractivity contribution >= 4 is 14.6 Å². The lowest BCUT2D eigenvalue weighted by Crippen LogP contribution is -2.43. The Kier molecular flexibility index (Phi) is 7.92. The average Bonchev–Trinajstić information content (AvgIpc) is 2.70. The Labute approximate surface area is 180 Å². The Morgan fingerprint density at radius 1 is 0.900 bits per heavy atom. The molecule has 2 aromatic carbocycles. The van der Waals surface area contributed by atoms with E-state index in [2.05, 4.69) is 33.9 Å². The van der Waals surface area contributed by atoms with Crippen LogP contribution in [0.5, 0.6) is 23.0 Å². The van der Waals surface area contributed by atoms with Crippen molar-refractivity contribution in [3.05, 3.63) is 47.5 Å². The Balaban J connectivity index is 2.24. The standard InChI is InChI=1S/C23H32O6Si/c1-23(2,3)30(6,7)29-20-11-8-17(14-24)12-22(20)27-15-18-9-10-19(28-16-25-4)21(13-18)26-5/h8-14H,15-16H2,1-7H3. The number of carbonyl (C=O) groups is 1. The molecule has 2 rings (SSSR count). The summed E-state index contributed by atoms with van der Waals surface area (Å²) >= 11 is 0. The SMILES string of the molecule is COCOc1ccc(COc2cc(C=O)ccc2O[Si](C)(C)C(C)(C)C)cc1OC. The number of hydrogen-bond donors (Lipinski definition) is 0. The average molecular weight is 433 g/mol. The molecule has 0 saturated heterocycles. The molecule has 0 fully saturated rings. The maximum Gasteiger partial charge on any atom is 0.250 e. The number of rotatable bonds is 10. The Bertz CT molecular complexity index is 857. The van der Waals surface area contributed by atoms with Crippen LogP contribution in [-0.2, 0) is 11.3 Å². The van der Waals surface area contributed by atoms with Crippen LogP contribution in [0, 0.1) is 0 Å². The molecule has 0 atom stereocenters. The molecule has 0 spiro atoms. The third-order valence-corrected chi connectivity index (χ3v) is 9.57. The summed E-state index contributed by atoms with van der Waals surface area (Å²) < 4.78 is 28.3. The van der Waals surface area contributed by atoms with E-state index in [1.807, 2.05) is 24.3 Å². The zero-order valence-corrected chi connectivity index (χ0v) is 19.9. The predicted molar refractivity (Wildman–Crippen MR) is 119 cm³/mol. The summed E-state index contributed by atoms with van der Waals surface area (Å²) in [5.74, 6) is 2.38. The van der Waals surface area contributed by atoms with Gasteiger partial charge in [-0.1, -0.05) is 26.8 Å². The normalized spacial score (nSPS) is 11.7. The van der Waals surface area contributed by atoms with E-state index in [0.29, 0.717) is 28.6 Å². The molecule has 6 nitrogen and oxygen atoms in total. The van der Waals surface area contributed by atoms with Gasteiger partial charge in [-0.2, -0.15) is 0 Å². The molecule has 0 unspecified atom stereocenters. The van der Waals surface area contributed by atoms with E-state index >= 15 is 0 Å². The van der Waals surface area contributed by atoms with Crippen molar-refractivity contribution in [2.45, 2.75) is 45.5 Å². The molecule has 2 aromatic rings. The second kappa shape index (κ2) is 10.00. The van der Waals surface area contributed by atoms with Crippen LogP contribution in [0.25, 0.3) is 0 Å². The lowest BCUT2D eigenvalue weighted by atomic mass is 10.2. The van der Waals surface area contributed by atoms with Gasteiger partial charge in [-0.15, -0.1) is 0 Å². The van der Waals surface area contributed by atoms with Crippen LogP contribution >= 0.6 is 0 Å². The summed E-state index contributed by atoms with van der Waals surface area (Å²) in [4.78, 5) is 11.3. The molecule has 0 N–H and O–H groups in total. The highest BCUT2D eigenvalue weighted by atomic mass is 28.4. The molecule has 164 valence electrons. The monoisotopic (exact) mass is 432 g/mol. The van der Waals surface area contributed by atoms with Gasteiger partial charge in [-0.05, 0) is 54.0 Å². The minimum Gasteiger partial charge on any atom is -0.541 e. The molecule has 0 aliphatic carbocycles. The van der Waals surface area contributed by atoms with Crippen molar-refractivity contribution in [2.75, 3.05) is 21.0 Å². The van der Waals surface area contributed by atoms with Crippen molar-refractivity contribution in [1.82, 2.24) is 0 Å². The van der Waals surface area contributed by atoms with Gasteiger partial charge in [0, 0.05) is 12.7 Å². The van der Waals surface area contributed by atoms with E-state index in [1.165, 1.54) is 0 Å². The first-order chi connectivity index (χ1) is 14.1. The smallest absolute Gasteiger partial charge is 0.250 e. The largest absolute Gasteiger partial charge is 0.541 e. The topological polar surface area (TPSA) is 63.2 Å². The van der Waals surface area contributed by atoms with Gasteiger partial charge >= 0.3 is 0 Å². The van der Waals surface area contributed by atoms with E-state index in [4.69, 9.17) is 23.4 Å². The maximum atomic E-state index is 11.3. The highest BCUT2D eigenvalue weighted by Crippen LogP contribution is 2.40. The van der Waals surface area contributed by atoms with Crippen molar-refractivity contribution in [3.63, 3.8) is 0 Å². The van der Waals surface area contributed by atoms with Gasteiger partial charge in [0.25, 0.3) is 8.32 Å². The Morgan fingerprint density at radius 3 is 2.20 bits per heavy atom. The molecule has 30 heavy (non-hydrogen) atoms. The first-order valence-electron chi connectivity index (χ1n) is 9.81. The van der Waals surface area contributed by atoms with Gasteiger partial charge in [0.2, 0.25) is 0 Å². The minimum atomic E-state index is -2.06. The third kappa shape index (κ3) is 6.00. The van der Waals surface area contributed by atoms with Crippen molar-refractivity contribution in [3.8, 4) is 23.0 Å². The van der Waals surface area contributed by atoms with Crippen LogP contribution in [0.2, 0.25) is 18.1 Å². The highest BCUT2D eigenvalue weighted by molar-refractivity contribution is 6.74. The molecule has 0 saturated carbocycles. The van der Waals surface area contributed by atoms with Gasteiger partial charge in [0.15, 0.2) is 24.0 Å². The minimum absolute atomic E-state index is 0.0407. The van der Waals surface area contributed by atoms with E-state index in [0.717, 1.165) is 11.8 Å².